The van der Waals surface area contributed by atoms with E-state index in [9.17, 15) is 25.3 Å². The third-order valence-electron chi connectivity index (χ3n) is 1.91. The van der Waals surface area contributed by atoms with E-state index in [4.69, 9.17) is 4.74 Å². The highest BCUT2D eigenvalue weighted by Gasteiger charge is 2.25. The molecule has 0 aromatic heterocycles. The molecular weight excluding hydrogens is 232 g/mol. The van der Waals surface area contributed by atoms with Gasteiger partial charge in [-0.25, -0.2) is 0 Å². The molecule has 1 N–H and O–H groups in total. The van der Waals surface area contributed by atoms with Crippen molar-refractivity contribution < 1.29 is 19.7 Å². The van der Waals surface area contributed by atoms with Gasteiger partial charge in [-0.05, 0) is 6.42 Å². The van der Waals surface area contributed by atoms with Gasteiger partial charge in [0.2, 0.25) is 5.75 Å². The molecule has 1 aromatic carbocycles. The van der Waals surface area contributed by atoms with Crippen molar-refractivity contribution in [3.8, 4) is 11.5 Å². The molecule has 0 unspecified atom stereocenters. The molecule has 0 amide bonds. The Labute approximate surface area is 95.7 Å². The summed E-state index contributed by atoms with van der Waals surface area (Å²) in [6, 6.07) is 1.56. The second-order valence-electron chi connectivity index (χ2n) is 3.17. The van der Waals surface area contributed by atoms with Gasteiger partial charge in [0.15, 0.2) is 5.75 Å². The van der Waals surface area contributed by atoms with Crippen LogP contribution in [-0.4, -0.2) is 21.6 Å². The molecule has 0 spiro atoms. The monoisotopic (exact) mass is 242 g/mol. The highest BCUT2D eigenvalue weighted by atomic mass is 16.6. The SMILES string of the molecule is CCCOc1cc(O)c([N+](=O)[O-])cc1[N+](=O)[O-]. The van der Waals surface area contributed by atoms with Gasteiger partial charge in [-0.2, -0.15) is 0 Å². The third kappa shape index (κ3) is 2.80. The van der Waals surface area contributed by atoms with Crippen LogP contribution in [0, 0.1) is 20.2 Å². The topological polar surface area (TPSA) is 116 Å². The molecule has 92 valence electrons. The molecule has 8 nitrogen and oxygen atoms in total. The summed E-state index contributed by atoms with van der Waals surface area (Å²) in [5.74, 6) is -0.841. The average Bonchev–Trinajstić information content (AvgIpc) is 2.25. The number of hydrogen-bond donors (Lipinski definition) is 1. The van der Waals surface area contributed by atoms with E-state index in [0.29, 0.717) is 12.5 Å². The Bertz CT molecular complexity index is 459. The van der Waals surface area contributed by atoms with Crippen LogP contribution in [0.1, 0.15) is 13.3 Å². The minimum Gasteiger partial charge on any atom is -0.502 e. The standard InChI is InChI=1S/C9H10N2O6/c1-2-3-17-9-5-8(12)6(10(13)14)4-7(9)11(15)16/h4-5,12H,2-3H2,1H3. The number of phenolic OH excluding ortho intramolecular Hbond substituents is 1. The number of aromatic hydroxyl groups is 1. The largest absolute Gasteiger partial charge is 0.502 e. The van der Waals surface area contributed by atoms with Crippen LogP contribution in [0.4, 0.5) is 11.4 Å². The van der Waals surface area contributed by atoms with E-state index in [1.54, 1.807) is 6.92 Å². The maximum atomic E-state index is 10.7. The van der Waals surface area contributed by atoms with Crippen LogP contribution < -0.4 is 4.74 Å². The quantitative estimate of drug-likeness (QED) is 0.623. The molecule has 0 bridgehead atoms. The van der Waals surface area contributed by atoms with Crippen molar-refractivity contribution in [3.63, 3.8) is 0 Å². The highest BCUT2D eigenvalue weighted by molar-refractivity contribution is 5.60. The van der Waals surface area contributed by atoms with Gasteiger partial charge < -0.3 is 9.84 Å². The number of nitrogens with zero attached hydrogens (tertiary/aromatic N) is 2. The van der Waals surface area contributed by atoms with Crippen LogP contribution in [0.25, 0.3) is 0 Å². The van der Waals surface area contributed by atoms with Crippen molar-refractivity contribution in [1.29, 1.82) is 0 Å². The number of nitro benzene ring substituents is 2. The Hall–Kier alpha value is -2.38. The fraction of sp³-hybridized carbons (Fsp3) is 0.333. The third-order valence-corrected chi connectivity index (χ3v) is 1.91. The van der Waals surface area contributed by atoms with Gasteiger partial charge >= 0.3 is 11.4 Å². The number of hydrogen-bond acceptors (Lipinski definition) is 6. The molecule has 0 aliphatic carbocycles. The fourth-order valence-electron chi connectivity index (χ4n) is 1.16. The first-order valence-electron chi connectivity index (χ1n) is 4.76. The summed E-state index contributed by atoms with van der Waals surface area (Å²) in [6.45, 7) is 2.02. The maximum absolute atomic E-state index is 10.7. The first kappa shape index (κ1) is 12.7. The van der Waals surface area contributed by atoms with Gasteiger partial charge in [-0.1, -0.05) is 6.92 Å². The lowest BCUT2D eigenvalue weighted by Gasteiger charge is -2.05. The van der Waals surface area contributed by atoms with Crippen molar-refractivity contribution in [2.75, 3.05) is 6.61 Å². The van der Waals surface area contributed by atoms with Crippen LogP contribution in [0.3, 0.4) is 0 Å². The summed E-state index contributed by atoms with van der Waals surface area (Å²) >= 11 is 0. The van der Waals surface area contributed by atoms with Crippen LogP contribution in [-0.2, 0) is 0 Å². The van der Waals surface area contributed by atoms with E-state index in [-0.39, 0.29) is 12.4 Å². The second kappa shape index (κ2) is 5.10. The lowest BCUT2D eigenvalue weighted by atomic mass is 10.2. The number of nitro groups is 2. The zero-order valence-electron chi connectivity index (χ0n) is 8.95. The lowest BCUT2D eigenvalue weighted by molar-refractivity contribution is -0.395. The van der Waals surface area contributed by atoms with Gasteiger partial charge in [-0.3, -0.25) is 20.2 Å². The summed E-state index contributed by atoms with van der Waals surface area (Å²) < 4.78 is 5.04. The molecule has 0 saturated carbocycles. The Morgan fingerprint density at radius 2 is 1.82 bits per heavy atom. The van der Waals surface area contributed by atoms with Crippen molar-refractivity contribution in [2.45, 2.75) is 13.3 Å². The van der Waals surface area contributed by atoms with Gasteiger partial charge in [0.25, 0.3) is 0 Å². The number of benzene rings is 1. The first-order chi connectivity index (χ1) is 7.97. The van der Waals surface area contributed by atoms with Crippen molar-refractivity contribution in [3.05, 3.63) is 32.4 Å². The molecule has 8 heteroatoms. The normalized spacial score (nSPS) is 9.94. The molecular formula is C9H10N2O6. The van der Waals surface area contributed by atoms with Gasteiger partial charge in [0.1, 0.15) is 6.07 Å². The van der Waals surface area contributed by atoms with Crippen LogP contribution in [0.5, 0.6) is 11.5 Å². The smallest absolute Gasteiger partial charge is 0.318 e. The van der Waals surface area contributed by atoms with Crippen molar-refractivity contribution in [1.82, 2.24) is 0 Å². The van der Waals surface area contributed by atoms with E-state index in [0.717, 1.165) is 6.07 Å². The van der Waals surface area contributed by atoms with Crippen molar-refractivity contribution >= 4 is 11.4 Å². The zero-order valence-corrected chi connectivity index (χ0v) is 8.95. The van der Waals surface area contributed by atoms with Gasteiger partial charge in [0, 0.05) is 6.07 Å². The predicted molar refractivity (Wildman–Crippen MR) is 57.2 cm³/mol. The number of ether oxygens (including phenoxy) is 1. The molecule has 0 heterocycles. The predicted octanol–water partition coefficient (Wildman–Crippen LogP) is 2.00. The Morgan fingerprint density at radius 1 is 1.24 bits per heavy atom. The molecule has 17 heavy (non-hydrogen) atoms. The Balaban J connectivity index is 3.25. The minimum absolute atomic E-state index is 0.181. The van der Waals surface area contributed by atoms with Gasteiger partial charge in [0.05, 0.1) is 16.5 Å². The van der Waals surface area contributed by atoms with E-state index < -0.39 is 27.0 Å². The number of phenols is 1. The average molecular weight is 242 g/mol. The Kier molecular flexibility index (Phi) is 3.81. The summed E-state index contributed by atoms with van der Waals surface area (Å²) in [6.07, 6.45) is 0.620. The molecule has 0 aliphatic rings. The Morgan fingerprint density at radius 3 is 2.29 bits per heavy atom. The van der Waals surface area contributed by atoms with Crippen LogP contribution in [0.15, 0.2) is 12.1 Å². The summed E-state index contributed by atoms with van der Waals surface area (Å²) in [5.41, 5.74) is -1.26. The summed E-state index contributed by atoms with van der Waals surface area (Å²) in [4.78, 5) is 19.5. The van der Waals surface area contributed by atoms with E-state index in [1.165, 1.54) is 0 Å². The van der Waals surface area contributed by atoms with E-state index in [2.05, 4.69) is 0 Å². The molecule has 0 aliphatic heterocycles. The van der Waals surface area contributed by atoms with Crippen LogP contribution in [0.2, 0.25) is 0 Å². The molecule has 0 radical (unpaired) electrons. The molecule has 0 saturated heterocycles. The minimum atomic E-state index is -0.897. The van der Waals surface area contributed by atoms with Crippen molar-refractivity contribution in [2.24, 2.45) is 0 Å². The van der Waals surface area contributed by atoms with Crippen LogP contribution >= 0.6 is 0 Å². The second-order valence-corrected chi connectivity index (χ2v) is 3.17. The summed E-state index contributed by atoms with van der Waals surface area (Å²) in [5, 5.41) is 30.5. The van der Waals surface area contributed by atoms with E-state index >= 15 is 0 Å². The lowest BCUT2D eigenvalue weighted by Crippen LogP contribution is -2.00. The van der Waals surface area contributed by atoms with Gasteiger partial charge in [-0.15, -0.1) is 0 Å². The molecule has 0 atom stereocenters. The first-order valence-corrected chi connectivity index (χ1v) is 4.76. The number of rotatable bonds is 5. The van der Waals surface area contributed by atoms with E-state index in [1.807, 2.05) is 0 Å². The maximum Gasteiger partial charge on any atom is 0.318 e. The summed E-state index contributed by atoms with van der Waals surface area (Å²) in [7, 11) is 0. The molecule has 0 fully saturated rings. The molecule has 1 aromatic rings. The molecule has 1 rings (SSSR count). The highest BCUT2D eigenvalue weighted by Crippen LogP contribution is 2.38. The fourth-order valence-corrected chi connectivity index (χ4v) is 1.16. The zero-order chi connectivity index (χ0) is 13.0.